The molecule has 0 aromatic rings. The Morgan fingerprint density at radius 2 is 1.77 bits per heavy atom. The fourth-order valence-electron chi connectivity index (χ4n) is 2.32. The maximum absolute atomic E-state index is 5.80. The van der Waals surface area contributed by atoms with Crippen LogP contribution in [0.25, 0.3) is 0 Å². The third-order valence-corrected chi connectivity index (χ3v) is 3.14. The van der Waals surface area contributed by atoms with Crippen molar-refractivity contribution in [1.29, 1.82) is 0 Å². The number of ether oxygens (including phenoxy) is 1. The van der Waals surface area contributed by atoms with E-state index in [9.17, 15) is 0 Å². The van der Waals surface area contributed by atoms with Crippen LogP contribution in [0.5, 0.6) is 0 Å². The van der Waals surface area contributed by atoms with Crippen LogP contribution in [0, 0.1) is 0 Å². The van der Waals surface area contributed by atoms with Gasteiger partial charge in [0, 0.05) is 6.04 Å². The van der Waals surface area contributed by atoms with Gasteiger partial charge in [-0.2, -0.15) is 0 Å². The molecule has 1 heterocycles. The summed E-state index contributed by atoms with van der Waals surface area (Å²) >= 11 is 0. The molecule has 0 aromatic carbocycles. The van der Waals surface area contributed by atoms with Crippen LogP contribution >= 0.6 is 0 Å². The Hall–Kier alpha value is -0.0800. The number of rotatable bonds is 0. The van der Waals surface area contributed by atoms with E-state index in [1.54, 1.807) is 0 Å². The maximum atomic E-state index is 5.80. The van der Waals surface area contributed by atoms with Gasteiger partial charge >= 0.3 is 0 Å². The molecule has 2 fully saturated rings. The topological polar surface area (TPSA) is 12.5 Å². The third-order valence-electron chi connectivity index (χ3n) is 3.14. The summed E-state index contributed by atoms with van der Waals surface area (Å²) in [5, 5.41) is 0. The minimum Gasteiger partial charge on any atom is -0.359 e. The van der Waals surface area contributed by atoms with E-state index in [-0.39, 0.29) is 0 Å². The molecule has 1 saturated carbocycles. The van der Waals surface area contributed by atoms with Crippen molar-refractivity contribution in [3.05, 3.63) is 0 Å². The second kappa shape index (κ2) is 4.97. The molecule has 2 heteroatoms. The van der Waals surface area contributed by atoms with Gasteiger partial charge in [0.05, 0.1) is 6.10 Å². The highest BCUT2D eigenvalue weighted by atomic mass is 16.5. The lowest BCUT2D eigenvalue weighted by atomic mass is 9.93. The first-order chi connectivity index (χ1) is 6.29. The van der Waals surface area contributed by atoms with Gasteiger partial charge in [-0.15, -0.1) is 0 Å². The number of hydrogen-bond donors (Lipinski definition) is 0. The van der Waals surface area contributed by atoms with Gasteiger partial charge in [-0.3, -0.25) is 4.90 Å². The summed E-state index contributed by atoms with van der Waals surface area (Å²) < 4.78 is 5.80. The first-order valence-electron chi connectivity index (χ1n) is 5.66. The highest BCUT2D eigenvalue weighted by Crippen LogP contribution is 2.32. The van der Waals surface area contributed by atoms with E-state index in [2.05, 4.69) is 18.9 Å². The van der Waals surface area contributed by atoms with E-state index in [0.29, 0.717) is 12.3 Å². The zero-order chi connectivity index (χ0) is 9.84. The van der Waals surface area contributed by atoms with Crippen molar-refractivity contribution < 1.29 is 4.74 Å². The fourth-order valence-corrected chi connectivity index (χ4v) is 2.32. The first kappa shape index (κ1) is 11.0. The quantitative estimate of drug-likeness (QED) is 0.575. The molecule has 13 heavy (non-hydrogen) atoms. The minimum absolute atomic E-state index is 0.350. The molecule has 0 amide bonds. The van der Waals surface area contributed by atoms with Crippen LogP contribution in [-0.2, 0) is 4.74 Å². The normalized spacial score (nSPS) is 39.2. The van der Waals surface area contributed by atoms with Gasteiger partial charge in [-0.25, -0.2) is 0 Å². The molecular formula is C11H23NO. The summed E-state index contributed by atoms with van der Waals surface area (Å²) in [7, 11) is 2.18. The number of likely N-dealkylation sites (N-methyl/N-ethyl adjacent to an activating group) is 1. The molecule has 0 radical (unpaired) electrons. The van der Waals surface area contributed by atoms with Crippen molar-refractivity contribution in [2.24, 2.45) is 0 Å². The predicted molar refractivity (Wildman–Crippen MR) is 55.7 cm³/mol. The molecule has 2 nitrogen and oxygen atoms in total. The van der Waals surface area contributed by atoms with E-state index >= 15 is 0 Å². The van der Waals surface area contributed by atoms with E-state index in [4.69, 9.17) is 4.74 Å². The van der Waals surface area contributed by atoms with Crippen LogP contribution in [0.2, 0.25) is 0 Å². The average molecular weight is 185 g/mol. The Labute approximate surface area is 82.3 Å². The maximum Gasteiger partial charge on any atom is 0.108 e. The monoisotopic (exact) mass is 185 g/mol. The Bertz CT molecular complexity index is 149. The smallest absolute Gasteiger partial charge is 0.108 e. The lowest BCUT2D eigenvalue weighted by Crippen LogP contribution is -2.36. The van der Waals surface area contributed by atoms with Gasteiger partial charge in [0.25, 0.3) is 0 Å². The molecule has 3 unspecified atom stereocenters. The third kappa shape index (κ3) is 2.23. The SMILES string of the molecule is CC.CC1OC2CCCCC2N1C. The molecule has 3 atom stereocenters. The van der Waals surface area contributed by atoms with Gasteiger partial charge in [0.15, 0.2) is 0 Å². The zero-order valence-electron chi connectivity index (χ0n) is 9.42. The van der Waals surface area contributed by atoms with Gasteiger partial charge in [-0.1, -0.05) is 26.7 Å². The molecule has 2 rings (SSSR count). The molecule has 0 spiro atoms. The second-order valence-electron chi connectivity index (χ2n) is 3.79. The Morgan fingerprint density at radius 3 is 2.38 bits per heavy atom. The largest absolute Gasteiger partial charge is 0.359 e. The van der Waals surface area contributed by atoms with Gasteiger partial charge in [0.1, 0.15) is 6.23 Å². The molecule has 1 aliphatic carbocycles. The molecule has 78 valence electrons. The average Bonchev–Trinajstić information content (AvgIpc) is 2.47. The fraction of sp³-hybridized carbons (Fsp3) is 1.00. The summed E-state index contributed by atoms with van der Waals surface area (Å²) in [4.78, 5) is 2.38. The molecule has 2 aliphatic rings. The van der Waals surface area contributed by atoms with E-state index < -0.39 is 0 Å². The van der Waals surface area contributed by atoms with Crippen molar-refractivity contribution in [3.63, 3.8) is 0 Å². The zero-order valence-corrected chi connectivity index (χ0v) is 9.42. The van der Waals surface area contributed by atoms with Gasteiger partial charge in [-0.05, 0) is 26.8 Å². The van der Waals surface area contributed by atoms with Gasteiger partial charge < -0.3 is 4.74 Å². The Balaban J connectivity index is 0.000000396. The lowest BCUT2D eigenvalue weighted by Gasteiger charge is -2.27. The minimum atomic E-state index is 0.350. The van der Waals surface area contributed by atoms with Crippen LogP contribution in [-0.4, -0.2) is 30.3 Å². The van der Waals surface area contributed by atoms with Crippen LogP contribution in [0.1, 0.15) is 46.5 Å². The molecule has 0 N–H and O–H groups in total. The number of fused-ring (bicyclic) bond motifs is 1. The lowest BCUT2D eigenvalue weighted by molar-refractivity contribution is 0.0162. The standard InChI is InChI=1S/C9H17NO.C2H6/c1-7-10(2)8-5-3-4-6-9(8)11-7;1-2/h7-9H,3-6H2,1-2H3;1-2H3. The van der Waals surface area contributed by atoms with Crippen molar-refractivity contribution in [1.82, 2.24) is 4.90 Å². The molecule has 1 aliphatic heterocycles. The van der Waals surface area contributed by atoms with E-state index in [1.165, 1.54) is 25.7 Å². The summed E-state index contributed by atoms with van der Waals surface area (Å²) in [5.41, 5.74) is 0. The van der Waals surface area contributed by atoms with Crippen molar-refractivity contribution in [2.45, 2.75) is 64.8 Å². The van der Waals surface area contributed by atoms with Crippen molar-refractivity contribution >= 4 is 0 Å². The number of hydrogen-bond acceptors (Lipinski definition) is 2. The van der Waals surface area contributed by atoms with Crippen LogP contribution in [0.3, 0.4) is 0 Å². The van der Waals surface area contributed by atoms with Crippen LogP contribution in [0.15, 0.2) is 0 Å². The van der Waals surface area contributed by atoms with Gasteiger partial charge in [0.2, 0.25) is 0 Å². The van der Waals surface area contributed by atoms with Crippen LogP contribution < -0.4 is 0 Å². The highest BCUT2D eigenvalue weighted by Gasteiger charge is 2.38. The highest BCUT2D eigenvalue weighted by molar-refractivity contribution is 4.88. The summed E-state index contributed by atoms with van der Waals surface area (Å²) in [6, 6.07) is 0.721. The van der Waals surface area contributed by atoms with Crippen molar-refractivity contribution in [3.8, 4) is 0 Å². The molecule has 0 bridgehead atoms. The molecule has 0 aromatic heterocycles. The first-order valence-corrected chi connectivity index (χ1v) is 5.66. The Kier molecular flexibility index (Phi) is 4.20. The number of nitrogens with zero attached hydrogens (tertiary/aromatic N) is 1. The van der Waals surface area contributed by atoms with E-state index in [1.807, 2.05) is 13.8 Å². The van der Waals surface area contributed by atoms with E-state index in [0.717, 1.165) is 6.04 Å². The predicted octanol–water partition coefficient (Wildman–Crippen LogP) is 2.63. The summed E-state index contributed by atoms with van der Waals surface area (Å²) in [6.07, 6.45) is 6.26. The van der Waals surface area contributed by atoms with Crippen molar-refractivity contribution in [2.75, 3.05) is 7.05 Å². The summed E-state index contributed by atoms with van der Waals surface area (Å²) in [5.74, 6) is 0. The second-order valence-corrected chi connectivity index (χ2v) is 3.79. The summed E-state index contributed by atoms with van der Waals surface area (Å²) in [6.45, 7) is 6.15. The van der Waals surface area contributed by atoms with Crippen LogP contribution in [0.4, 0.5) is 0 Å². The molecular weight excluding hydrogens is 162 g/mol. The Morgan fingerprint density at radius 1 is 1.15 bits per heavy atom. The molecule has 1 saturated heterocycles.